The van der Waals surface area contributed by atoms with Gasteiger partial charge in [0.05, 0.1) is 19.2 Å². The van der Waals surface area contributed by atoms with E-state index < -0.39 is 0 Å². The van der Waals surface area contributed by atoms with Crippen LogP contribution in [-0.4, -0.2) is 20.4 Å². The van der Waals surface area contributed by atoms with E-state index in [1.807, 2.05) is 18.2 Å². The minimum Gasteiger partial charge on any atom is -0.497 e. The summed E-state index contributed by atoms with van der Waals surface area (Å²) in [5.74, 6) is 1.73. The van der Waals surface area contributed by atoms with Crippen LogP contribution >= 0.6 is 0 Å². The number of nitrogens with one attached hydrogen (secondary N) is 1. The van der Waals surface area contributed by atoms with Crippen molar-refractivity contribution in [3.05, 3.63) is 69.1 Å². The molecule has 1 unspecified atom stereocenters. The number of fused-ring (bicyclic) bond motifs is 5. The largest absolute Gasteiger partial charge is 0.497 e. The summed E-state index contributed by atoms with van der Waals surface area (Å²) in [6.07, 6.45) is 4.96. The fourth-order valence-electron chi connectivity index (χ4n) is 4.60. The molecular formula is C24H26NO4+. The zero-order chi connectivity index (χ0) is 19.8. The second-order valence-corrected chi connectivity index (χ2v) is 8.04. The Morgan fingerprint density at radius 2 is 1.79 bits per heavy atom. The fourth-order valence-corrected chi connectivity index (χ4v) is 4.60. The number of rotatable bonds is 4. The van der Waals surface area contributed by atoms with Gasteiger partial charge in [0.1, 0.15) is 18.0 Å². The molecule has 0 amide bonds. The summed E-state index contributed by atoms with van der Waals surface area (Å²) in [4.78, 5) is 13.9. The average Bonchev–Trinajstić information content (AvgIpc) is 2.78. The first-order valence-corrected chi connectivity index (χ1v) is 10.4. The normalized spacial score (nSPS) is 18.0. The molecule has 0 saturated heterocycles. The highest BCUT2D eigenvalue weighted by molar-refractivity contribution is 5.86. The predicted molar refractivity (Wildman–Crippen MR) is 111 cm³/mol. The van der Waals surface area contributed by atoms with Crippen LogP contribution in [0.15, 0.2) is 45.6 Å². The van der Waals surface area contributed by atoms with E-state index in [1.54, 1.807) is 7.11 Å². The van der Waals surface area contributed by atoms with E-state index in [9.17, 15) is 4.79 Å². The van der Waals surface area contributed by atoms with Gasteiger partial charge in [0.25, 0.3) is 0 Å². The van der Waals surface area contributed by atoms with Crippen LogP contribution in [0, 0.1) is 0 Å². The molecular weight excluding hydrogens is 366 g/mol. The predicted octanol–water partition coefficient (Wildman–Crippen LogP) is 2.66. The third-order valence-corrected chi connectivity index (χ3v) is 6.24. The molecule has 0 saturated carbocycles. The van der Waals surface area contributed by atoms with Gasteiger partial charge in [-0.15, -0.1) is 0 Å². The first-order chi connectivity index (χ1) is 14.2. The van der Waals surface area contributed by atoms with Crippen molar-refractivity contribution >= 4 is 11.0 Å². The minimum absolute atomic E-state index is 0.161. The molecule has 5 rings (SSSR count). The molecule has 1 N–H and O–H groups in total. The molecule has 2 aromatic carbocycles. The van der Waals surface area contributed by atoms with Crippen LogP contribution in [0.25, 0.3) is 11.0 Å². The van der Waals surface area contributed by atoms with Crippen LogP contribution in [-0.2, 0) is 25.8 Å². The molecule has 29 heavy (non-hydrogen) atoms. The summed E-state index contributed by atoms with van der Waals surface area (Å²) in [6.45, 7) is 2.39. The minimum atomic E-state index is -0.161. The number of methoxy groups -OCH3 is 1. The fraction of sp³-hybridized carbons (Fsp3) is 0.375. The molecule has 1 atom stereocenters. The van der Waals surface area contributed by atoms with Crippen LogP contribution in [0.3, 0.4) is 0 Å². The molecule has 0 spiro atoms. The molecule has 1 aliphatic heterocycles. The standard InChI is InChI=1S/C24H25NO4/c1-27-17-8-6-16(7-9-17)12-13-25-14-21-22(28-15-25)11-10-19-18-4-2-3-5-20(18)24(26)29-23(19)21/h6-11H,2-5,12-15H2,1H3/p+1. The van der Waals surface area contributed by atoms with E-state index in [-0.39, 0.29) is 5.63 Å². The van der Waals surface area contributed by atoms with E-state index in [2.05, 4.69) is 18.2 Å². The summed E-state index contributed by atoms with van der Waals surface area (Å²) >= 11 is 0. The molecule has 1 aliphatic carbocycles. The van der Waals surface area contributed by atoms with Gasteiger partial charge in [-0.25, -0.2) is 4.79 Å². The van der Waals surface area contributed by atoms with Gasteiger partial charge >= 0.3 is 5.63 Å². The second kappa shape index (κ2) is 7.56. The van der Waals surface area contributed by atoms with Gasteiger partial charge in [0.15, 0.2) is 5.58 Å². The Kier molecular flexibility index (Phi) is 4.76. The summed E-state index contributed by atoms with van der Waals surface area (Å²) in [6, 6.07) is 12.3. The Bertz CT molecular complexity index is 1100. The van der Waals surface area contributed by atoms with Crippen molar-refractivity contribution in [3.63, 3.8) is 0 Å². The first-order valence-electron chi connectivity index (χ1n) is 10.4. The van der Waals surface area contributed by atoms with Gasteiger partial charge < -0.3 is 13.9 Å². The van der Waals surface area contributed by atoms with Crippen molar-refractivity contribution in [2.24, 2.45) is 0 Å². The average molecular weight is 392 g/mol. The van der Waals surface area contributed by atoms with E-state index in [1.165, 1.54) is 16.0 Å². The summed E-state index contributed by atoms with van der Waals surface area (Å²) in [5.41, 5.74) is 4.95. The third kappa shape index (κ3) is 3.40. The van der Waals surface area contributed by atoms with Gasteiger partial charge in [-0.1, -0.05) is 12.1 Å². The Morgan fingerprint density at radius 3 is 2.59 bits per heavy atom. The van der Waals surface area contributed by atoms with E-state index >= 15 is 0 Å². The number of quaternary nitrogens is 1. The lowest BCUT2D eigenvalue weighted by molar-refractivity contribution is -0.932. The Labute approximate surface area is 169 Å². The van der Waals surface area contributed by atoms with Gasteiger partial charge in [-0.3, -0.25) is 4.90 Å². The lowest BCUT2D eigenvalue weighted by Gasteiger charge is -2.27. The van der Waals surface area contributed by atoms with Crippen LogP contribution in [0.4, 0.5) is 0 Å². The number of aryl methyl sites for hydroxylation is 1. The lowest BCUT2D eigenvalue weighted by Crippen LogP contribution is -3.12. The van der Waals surface area contributed by atoms with Gasteiger partial charge in [0.2, 0.25) is 6.73 Å². The lowest BCUT2D eigenvalue weighted by atomic mass is 9.90. The van der Waals surface area contributed by atoms with Crippen molar-refractivity contribution in [3.8, 4) is 11.5 Å². The highest BCUT2D eigenvalue weighted by atomic mass is 16.5. The maximum atomic E-state index is 12.6. The van der Waals surface area contributed by atoms with E-state index in [4.69, 9.17) is 13.9 Å². The smallest absolute Gasteiger partial charge is 0.339 e. The molecule has 5 heteroatoms. The Hall–Kier alpha value is -2.79. The van der Waals surface area contributed by atoms with Crippen LogP contribution < -0.4 is 20.0 Å². The van der Waals surface area contributed by atoms with E-state index in [0.717, 1.165) is 78.8 Å². The summed E-state index contributed by atoms with van der Waals surface area (Å²) in [5, 5.41) is 1.10. The topological polar surface area (TPSA) is 53.1 Å². The van der Waals surface area contributed by atoms with Crippen molar-refractivity contribution in [1.29, 1.82) is 0 Å². The first kappa shape index (κ1) is 18.3. The number of hydrogen-bond donors (Lipinski definition) is 1. The van der Waals surface area contributed by atoms with Crippen LogP contribution in [0.2, 0.25) is 0 Å². The van der Waals surface area contributed by atoms with Crippen LogP contribution in [0.1, 0.15) is 35.1 Å². The second-order valence-electron chi connectivity index (χ2n) is 8.04. The Morgan fingerprint density at radius 1 is 1.00 bits per heavy atom. The van der Waals surface area contributed by atoms with Crippen molar-refractivity contribution in [2.75, 3.05) is 20.4 Å². The van der Waals surface area contributed by atoms with E-state index in [0.29, 0.717) is 6.73 Å². The number of hydrogen-bond acceptors (Lipinski definition) is 4. The maximum absolute atomic E-state index is 12.6. The monoisotopic (exact) mass is 392 g/mol. The Balaban J connectivity index is 1.41. The highest BCUT2D eigenvalue weighted by Gasteiger charge is 2.27. The maximum Gasteiger partial charge on any atom is 0.339 e. The van der Waals surface area contributed by atoms with Crippen LogP contribution in [0.5, 0.6) is 11.5 Å². The SMILES string of the molecule is COc1ccc(CC[NH+]2COc3ccc4c5c(c(=O)oc4c3C2)CCCC5)cc1. The molecule has 1 aromatic heterocycles. The van der Waals surface area contributed by atoms with Gasteiger partial charge in [-0.2, -0.15) is 0 Å². The van der Waals surface area contributed by atoms with Gasteiger partial charge in [-0.05, 0) is 61.1 Å². The molecule has 0 radical (unpaired) electrons. The molecule has 2 aliphatic rings. The number of benzene rings is 2. The number of ether oxygens (including phenoxy) is 2. The molecule has 5 nitrogen and oxygen atoms in total. The summed E-state index contributed by atoms with van der Waals surface area (Å²) in [7, 11) is 1.68. The molecule has 3 aromatic rings. The quantitative estimate of drug-likeness (QED) is 0.694. The third-order valence-electron chi connectivity index (χ3n) is 6.24. The molecule has 2 heterocycles. The van der Waals surface area contributed by atoms with Crippen molar-refractivity contribution in [2.45, 2.75) is 38.6 Å². The molecule has 0 bridgehead atoms. The van der Waals surface area contributed by atoms with Gasteiger partial charge in [0, 0.05) is 17.4 Å². The zero-order valence-electron chi connectivity index (χ0n) is 16.8. The molecule has 150 valence electrons. The highest BCUT2D eigenvalue weighted by Crippen LogP contribution is 2.33. The summed E-state index contributed by atoms with van der Waals surface area (Å²) < 4.78 is 17.1. The van der Waals surface area contributed by atoms with Crippen molar-refractivity contribution < 1.29 is 18.8 Å². The molecule has 0 fully saturated rings. The van der Waals surface area contributed by atoms with Crippen molar-refractivity contribution in [1.82, 2.24) is 0 Å². The zero-order valence-corrected chi connectivity index (χ0v) is 16.8.